The van der Waals surface area contributed by atoms with Crippen LogP contribution in [0.5, 0.6) is 0 Å². The summed E-state index contributed by atoms with van der Waals surface area (Å²) in [6.07, 6.45) is 14.9. The van der Waals surface area contributed by atoms with Crippen LogP contribution in [0.3, 0.4) is 0 Å². The highest BCUT2D eigenvalue weighted by Crippen LogP contribution is 2.53. The minimum atomic E-state index is -0.911. The maximum Gasteiger partial charge on any atom is 0.303 e. The summed E-state index contributed by atoms with van der Waals surface area (Å²) in [5.41, 5.74) is 10.8. The molecule has 5 aromatic carbocycles. The predicted octanol–water partition coefficient (Wildman–Crippen LogP) is 13.2. The van der Waals surface area contributed by atoms with Crippen LogP contribution in [0.2, 0.25) is 5.02 Å². The number of pyridine rings is 1. The molecule has 3 N–H and O–H groups in total. The summed E-state index contributed by atoms with van der Waals surface area (Å²) in [4.78, 5) is 16.2. The summed E-state index contributed by atoms with van der Waals surface area (Å²) in [6, 6.07) is 44.1. The number of carbonyl (C=O) groups is 1. The van der Waals surface area contributed by atoms with Crippen molar-refractivity contribution in [2.24, 2.45) is 5.41 Å². The molecule has 6 aromatic rings. The van der Waals surface area contributed by atoms with Crippen molar-refractivity contribution >= 4 is 64.5 Å². The number of nitrogens with one attached hydrogen (secondary N) is 1. The lowest BCUT2D eigenvalue weighted by Crippen LogP contribution is -2.18. The van der Waals surface area contributed by atoms with Gasteiger partial charge in [0.1, 0.15) is 0 Å². The monoisotopic (exact) mass is 848 g/mol. The second-order valence-electron chi connectivity index (χ2n) is 17.1. The average Bonchev–Trinajstić information content (AvgIpc) is 4.04. The third-order valence-corrected chi connectivity index (χ3v) is 13.9. The molecular formula is C54H57ClN2O3S. The van der Waals surface area contributed by atoms with Gasteiger partial charge >= 0.3 is 5.97 Å². The number of nitrogens with zero attached hydrogens (tertiary/aromatic N) is 1. The molecule has 1 saturated carbocycles. The van der Waals surface area contributed by atoms with Crippen molar-refractivity contribution in [3.63, 3.8) is 0 Å². The lowest BCUT2D eigenvalue weighted by atomic mass is 9.84. The fourth-order valence-electron chi connectivity index (χ4n) is 8.46. The van der Waals surface area contributed by atoms with E-state index in [-0.39, 0.29) is 17.1 Å². The summed E-state index contributed by atoms with van der Waals surface area (Å²) in [5.74, 6) is 0.627. The molecule has 8 rings (SSSR count). The number of benzene rings is 5. The van der Waals surface area contributed by atoms with Crippen molar-refractivity contribution in [1.82, 2.24) is 10.3 Å². The summed E-state index contributed by atoms with van der Waals surface area (Å²) in [6.45, 7) is 4.74. The van der Waals surface area contributed by atoms with Gasteiger partial charge in [-0.1, -0.05) is 139 Å². The third-order valence-electron chi connectivity index (χ3n) is 11.9. The molecule has 0 spiro atoms. The zero-order chi connectivity index (χ0) is 42.8. The van der Waals surface area contributed by atoms with Crippen molar-refractivity contribution in [2.45, 2.75) is 75.6 Å². The highest BCUT2D eigenvalue weighted by atomic mass is 35.5. The number of fused-ring (bicyclic) bond motifs is 3. The molecule has 0 radical (unpaired) electrons. The standard InChI is InChI=1S/C35H36ClNO3S.C19H21N/c1-34(2,40)30-9-4-3-7-25(30)13-17-32(41-23-35(18-19-35)22-33(38)39)27-8-5-6-24(20-27)10-15-29-16-12-26-11-14-28(36)21-31(26)37-29;1-20-14-6-11-19-17-9-4-2-7-15(17)12-13-16-8-3-5-10-18(16)19/h3-12,14-16,20-21,32,40H,13,17-19,22-23H2,1-2H3,(H,38,39);2-5,7-10,12-13,19-20H,6,11,14H2,1H3/b15-10+;/t32-;/m1./s1. The molecule has 0 saturated heterocycles. The van der Waals surface area contributed by atoms with E-state index in [1.807, 2.05) is 81.2 Å². The van der Waals surface area contributed by atoms with Gasteiger partial charge in [0, 0.05) is 27.3 Å². The highest BCUT2D eigenvalue weighted by Gasteiger charge is 2.44. The second kappa shape index (κ2) is 20.3. The Morgan fingerprint density at radius 1 is 0.885 bits per heavy atom. The first kappa shape index (κ1) is 44.1. The number of halogens is 1. The number of thioether (sulfide) groups is 1. The van der Waals surface area contributed by atoms with E-state index in [1.165, 1.54) is 40.7 Å². The molecule has 5 nitrogen and oxygen atoms in total. The molecule has 1 heterocycles. The van der Waals surface area contributed by atoms with Crippen LogP contribution in [0.15, 0.2) is 127 Å². The van der Waals surface area contributed by atoms with Crippen LogP contribution in [0.25, 0.3) is 35.2 Å². The average molecular weight is 850 g/mol. The molecule has 1 atom stereocenters. The topological polar surface area (TPSA) is 82.5 Å². The van der Waals surface area contributed by atoms with E-state index in [0.717, 1.165) is 71.3 Å². The first-order valence-electron chi connectivity index (χ1n) is 21.5. The first-order chi connectivity index (χ1) is 29.5. The van der Waals surface area contributed by atoms with Crippen LogP contribution in [-0.2, 0) is 16.8 Å². The Labute approximate surface area is 371 Å². The second-order valence-corrected chi connectivity index (χ2v) is 18.7. The molecule has 7 heteroatoms. The van der Waals surface area contributed by atoms with Crippen molar-refractivity contribution in [1.29, 1.82) is 0 Å². The van der Waals surface area contributed by atoms with Crippen LogP contribution in [-0.4, -0.2) is 40.5 Å². The fourth-order valence-corrected chi connectivity index (χ4v) is 10.2. The number of aryl methyl sites for hydroxylation is 1. The molecule has 2 aliphatic carbocycles. The number of aromatic nitrogens is 1. The minimum absolute atomic E-state index is 0.0814. The van der Waals surface area contributed by atoms with E-state index < -0.39 is 11.6 Å². The number of carboxylic acids is 1. The van der Waals surface area contributed by atoms with E-state index in [1.54, 1.807) is 0 Å². The first-order valence-corrected chi connectivity index (χ1v) is 22.9. The van der Waals surface area contributed by atoms with Gasteiger partial charge in [-0.15, -0.1) is 0 Å². The normalized spacial score (nSPS) is 14.8. The van der Waals surface area contributed by atoms with Gasteiger partial charge in [-0.25, -0.2) is 4.98 Å². The van der Waals surface area contributed by atoms with Crippen LogP contribution < -0.4 is 5.32 Å². The molecule has 1 fully saturated rings. The molecule has 0 bridgehead atoms. The molecule has 0 unspecified atom stereocenters. The van der Waals surface area contributed by atoms with Gasteiger partial charge < -0.3 is 15.5 Å². The predicted molar refractivity (Wildman–Crippen MR) is 258 cm³/mol. The van der Waals surface area contributed by atoms with E-state index in [4.69, 9.17) is 16.6 Å². The number of carboxylic acid groups (broad SMARTS) is 1. The molecule has 0 amide bonds. The van der Waals surface area contributed by atoms with Crippen molar-refractivity contribution in [3.8, 4) is 0 Å². The maximum absolute atomic E-state index is 11.5. The minimum Gasteiger partial charge on any atom is -0.481 e. The Balaban J connectivity index is 0.000000233. The SMILES string of the molecule is CC(C)(O)c1ccccc1CC[C@@H](SCC1(CC(=O)O)CC1)c1cccc(/C=C/c2ccc3ccc(Cl)cc3n2)c1.CNCCCC1c2ccccc2C=Cc2ccccc21. The summed E-state index contributed by atoms with van der Waals surface area (Å²) in [5, 5.41) is 25.4. The number of aliphatic carboxylic acids is 1. The summed E-state index contributed by atoms with van der Waals surface area (Å²) < 4.78 is 0. The molecule has 0 aliphatic heterocycles. The Hall–Kier alpha value is -4.98. The smallest absolute Gasteiger partial charge is 0.303 e. The van der Waals surface area contributed by atoms with E-state index in [9.17, 15) is 15.0 Å². The van der Waals surface area contributed by atoms with E-state index in [0.29, 0.717) is 10.9 Å². The van der Waals surface area contributed by atoms with Gasteiger partial charge in [0.15, 0.2) is 0 Å². The van der Waals surface area contributed by atoms with Crippen molar-refractivity contribution in [2.75, 3.05) is 19.3 Å². The lowest BCUT2D eigenvalue weighted by Gasteiger charge is -2.24. The number of hydrogen-bond acceptors (Lipinski definition) is 5. The number of hydrogen-bond donors (Lipinski definition) is 3. The van der Waals surface area contributed by atoms with Crippen molar-refractivity contribution in [3.05, 3.63) is 183 Å². The van der Waals surface area contributed by atoms with Gasteiger partial charge in [-0.3, -0.25) is 4.79 Å². The zero-order valence-corrected chi connectivity index (χ0v) is 37.1. The molecule has 2 aliphatic rings. The maximum atomic E-state index is 11.5. The highest BCUT2D eigenvalue weighted by molar-refractivity contribution is 7.99. The summed E-state index contributed by atoms with van der Waals surface area (Å²) >= 11 is 8.04. The Kier molecular flexibility index (Phi) is 14.6. The van der Waals surface area contributed by atoms with Gasteiger partial charge in [-0.2, -0.15) is 11.8 Å². The number of aliphatic hydroxyl groups is 1. The zero-order valence-electron chi connectivity index (χ0n) is 35.5. The van der Waals surface area contributed by atoms with Gasteiger partial charge in [0.05, 0.1) is 23.2 Å². The van der Waals surface area contributed by atoms with Gasteiger partial charge in [0.25, 0.3) is 0 Å². The van der Waals surface area contributed by atoms with E-state index >= 15 is 0 Å². The van der Waals surface area contributed by atoms with Crippen LogP contribution in [0.1, 0.15) is 114 Å². The largest absolute Gasteiger partial charge is 0.481 e. The Morgan fingerprint density at radius 3 is 2.26 bits per heavy atom. The fraction of sp³-hybridized carbons (Fsp3) is 0.296. The molecule has 1 aromatic heterocycles. The Morgan fingerprint density at radius 2 is 1.57 bits per heavy atom. The van der Waals surface area contributed by atoms with Gasteiger partial charge in [-0.05, 0) is 140 Å². The van der Waals surface area contributed by atoms with Crippen LogP contribution in [0.4, 0.5) is 0 Å². The van der Waals surface area contributed by atoms with Crippen LogP contribution >= 0.6 is 23.4 Å². The lowest BCUT2D eigenvalue weighted by molar-refractivity contribution is -0.138. The molecule has 314 valence electrons. The number of rotatable bonds is 16. The van der Waals surface area contributed by atoms with Crippen molar-refractivity contribution < 1.29 is 15.0 Å². The molecule has 61 heavy (non-hydrogen) atoms. The van der Waals surface area contributed by atoms with Crippen LogP contribution in [0, 0.1) is 5.41 Å². The quantitative estimate of drug-likeness (QED) is 0.0842. The summed E-state index contributed by atoms with van der Waals surface area (Å²) in [7, 11) is 2.02. The van der Waals surface area contributed by atoms with Gasteiger partial charge in [0.2, 0.25) is 0 Å². The Bertz CT molecular complexity index is 2450. The molecular weight excluding hydrogens is 792 g/mol. The van der Waals surface area contributed by atoms with E-state index in [2.05, 4.69) is 108 Å². The third kappa shape index (κ3) is 11.9.